The van der Waals surface area contributed by atoms with E-state index < -0.39 is 0 Å². The molecule has 0 fully saturated rings. The summed E-state index contributed by atoms with van der Waals surface area (Å²) in [6.45, 7) is 6.07. The molecule has 2 rings (SSSR count). The van der Waals surface area contributed by atoms with Crippen molar-refractivity contribution in [3.8, 4) is 0 Å². The number of H-pyrrole nitrogens is 1. The van der Waals surface area contributed by atoms with Crippen LogP contribution in [0.5, 0.6) is 0 Å². The van der Waals surface area contributed by atoms with Crippen molar-refractivity contribution < 1.29 is 0 Å². The van der Waals surface area contributed by atoms with Gasteiger partial charge in [-0.2, -0.15) is 20.1 Å². The van der Waals surface area contributed by atoms with E-state index >= 15 is 0 Å². The minimum atomic E-state index is -0.0603. The highest BCUT2D eigenvalue weighted by Gasteiger charge is 2.14. The first kappa shape index (κ1) is 14.2. The van der Waals surface area contributed by atoms with Gasteiger partial charge in [-0.3, -0.25) is 5.10 Å². The topological polar surface area (TPSA) is 95.5 Å². The van der Waals surface area contributed by atoms with Gasteiger partial charge in [-0.15, -0.1) is 0 Å². The van der Waals surface area contributed by atoms with Gasteiger partial charge >= 0.3 is 0 Å². The Morgan fingerprint density at radius 1 is 1.15 bits per heavy atom. The number of hydrogen-bond acceptors (Lipinski definition) is 7. The van der Waals surface area contributed by atoms with Crippen LogP contribution in [-0.4, -0.2) is 44.2 Å². The lowest BCUT2D eigenvalue weighted by Crippen LogP contribution is -2.18. The first-order chi connectivity index (χ1) is 9.47. The van der Waals surface area contributed by atoms with Gasteiger partial charge in [-0.05, 0) is 6.92 Å². The van der Waals surface area contributed by atoms with E-state index in [-0.39, 0.29) is 12.0 Å². The lowest BCUT2D eigenvalue weighted by molar-refractivity contribution is 0.735. The van der Waals surface area contributed by atoms with Crippen molar-refractivity contribution in [3.63, 3.8) is 0 Å². The van der Waals surface area contributed by atoms with Crippen LogP contribution in [-0.2, 0) is 0 Å². The molecule has 0 spiro atoms. The molecule has 0 radical (unpaired) electrons. The van der Waals surface area contributed by atoms with E-state index in [9.17, 15) is 0 Å². The third-order valence-corrected chi connectivity index (χ3v) is 2.75. The van der Waals surface area contributed by atoms with Gasteiger partial charge in [0.2, 0.25) is 11.9 Å². The van der Waals surface area contributed by atoms with E-state index in [4.69, 9.17) is 0 Å². The van der Waals surface area contributed by atoms with Gasteiger partial charge in [-0.1, -0.05) is 13.8 Å². The summed E-state index contributed by atoms with van der Waals surface area (Å²) < 4.78 is 0. The monoisotopic (exact) mass is 276 g/mol. The minimum absolute atomic E-state index is 0.0603. The van der Waals surface area contributed by atoms with Crippen molar-refractivity contribution >= 4 is 11.9 Å². The second kappa shape index (κ2) is 5.81. The molecule has 2 aromatic heterocycles. The summed E-state index contributed by atoms with van der Waals surface area (Å²) in [6, 6.07) is -0.0603. The molecule has 8 heteroatoms. The molecule has 2 N–H and O–H groups in total. The van der Waals surface area contributed by atoms with Crippen molar-refractivity contribution in [3.05, 3.63) is 18.0 Å². The number of nitrogens with one attached hydrogen (secondary N) is 2. The van der Waals surface area contributed by atoms with Gasteiger partial charge in [0.1, 0.15) is 18.0 Å². The van der Waals surface area contributed by atoms with Crippen molar-refractivity contribution in [1.82, 2.24) is 30.1 Å². The zero-order valence-corrected chi connectivity index (χ0v) is 12.4. The number of aromatic nitrogens is 6. The molecule has 8 nitrogen and oxygen atoms in total. The number of aromatic amines is 1. The van der Waals surface area contributed by atoms with Gasteiger partial charge < -0.3 is 10.2 Å². The molecule has 2 aromatic rings. The Balaban J connectivity index is 2.26. The van der Waals surface area contributed by atoms with Crippen LogP contribution in [0.2, 0.25) is 0 Å². The smallest absolute Gasteiger partial charge is 0.229 e. The Morgan fingerprint density at radius 3 is 2.45 bits per heavy atom. The van der Waals surface area contributed by atoms with Gasteiger partial charge in [0.15, 0.2) is 0 Å². The highest BCUT2D eigenvalue weighted by atomic mass is 15.3. The van der Waals surface area contributed by atoms with Crippen LogP contribution in [0, 0.1) is 0 Å². The molecule has 20 heavy (non-hydrogen) atoms. The fourth-order valence-corrected chi connectivity index (χ4v) is 1.59. The first-order valence-electron chi connectivity index (χ1n) is 6.52. The van der Waals surface area contributed by atoms with E-state index in [2.05, 4.69) is 49.3 Å². The first-order valence-corrected chi connectivity index (χ1v) is 6.52. The molecule has 0 saturated carbocycles. The Morgan fingerprint density at radius 2 is 1.90 bits per heavy atom. The summed E-state index contributed by atoms with van der Waals surface area (Å²) in [5.74, 6) is 2.91. The highest BCUT2D eigenvalue weighted by Crippen LogP contribution is 2.18. The second-order valence-electron chi connectivity index (χ2n) is 5.10. The summed E-state index contributed by atoms with van der Waals surface area (Å²) in [6.07, 6.45) is 1.48. The van der Waals surface area contributed by atoms with E-state index in [1.54, 1.807) is 0 Å². The number of rotatable bonds is 5. The van der Waals surface area contributed by atoms with Crippen LogP contribution in [0.4, 0.5) is 11.9 Å². The van der Waals surface area contributed by atoms with Gasteiger partial charge in [-0.25, -0.2) is 4.98 Å². The zero-order chi connectivity index (χ0) is 14.7. The standard InChI is InChI=1S/C12H20N8/c1-7(2)9-16-11(18-12(17-9)20(4)5)15-8(3)10-13-6-14-19-10/h6-8H,1-5H3,(H,13,14,19)(H,15,16,17,18). The lowest BCUT2D eigenvalue weighted by Gasteiger charge is -2.16. The summed E-state index contributed by atoms with van der Waals surface area (Å²) in [5.41, 5.74) is 0. The maximum Gasteiger partial charge on any atom is 0.229 e. The summed E-state index contributed by atoms with van der Waals surface area (Å²) in [4.78, 5) is 19.2. The molecular weight excluding hydrogens is 256 g/mol. The molecule has 1 unspecified atom stereocenters. The van der Waals surface area contributed by atoms with Gasteiger partial charge in [0.25, 0.3) is 0 Å². The van der Waals surface area contributed by atoms with E-state index in [0.29, 0.717) is 11.9 Å². The maximum absolute atomic E-state index is 4.44. The van der Waals surface area contributed by atoms with Crippen LogP contribution in [0.25, 0.3) is 0 Å². The average Bonchev–Trinajstić information content (AvgIpc) is 2.92. The Kier molecular flexibility index (Phi) is 4.11. The van der Waals surface area contributed by atoms with Crippen LogP contribution in [0.3, 0.4) is 0 Å². The van der Waals surface area contributed by atoms with Gasteiger partial charge in [0.05, 0.1) is 6.04 Å². The Bertz CT molecular complexity index is 522. The van der Waals surface area contributed by atoms with Crippen LogP contribution >= 0.6 is 0 Å². The fraction of sp³-hybridized carbons (Fsp3) is 0.583. The number of hydrogen-bond donors (Lipinski definition) is 2. The highest BCUT2D eigenvalue weighted by molar-refractivity contribution is 5.37. The van der Waals surface area contributed by atoms with Gasteiger partial charge in [0, 0.05) is 20.0 Å². The van der Waals surface area contributed by atoms with Crippen molar-refractivity contribution in [2.24, 2.45) is 0 Å². The van der Waals surface area contributed by atoms with E-state index in [0.717, 1.165) is 11.6 Å². The molecule has 0 aliphatic heterocycles. The summed E-state index contributed by atoms with van der Waals surface area (Å²) in [5, 5.41) is 9.88. The molecular formula is C12H20N8. The largest absolute Gasteiger partial charge is 0.347 e. The second-order valence-corrected chi connectivity index (χ2v) is 5.10. The minimum Gasteiger partial charge on any atom is -0.347 e. The van der Waals surface area contributed by atoms with Crippen LogP contribution < -0.4 is 10.2 Å². The molecule has 0 bridgehead atoms. The van der Waals surface area contributed by atoms with Crippen molar-refractivity contribution in [1.29, 1.82) is 0 Å². The van der Waals surface area contributed by atoms with Crippen LogP contribution in [0.1, 0.15) is 44.4 Å². The molecule has 2 heterocycles. The molecule has 108 valence electrons. The quantitative estimate of drug-likeness (QED) is 0.851. The predicted octanol–water partition coefficient (Wildman–Crippen LogP) is 1.35. The Labute approximate surface area is 118 Å². The number of anilines is 2. The molecule has 0 amide bonds. The number of nitrogens with zero attached hydrogens (tertiary/aromatic N) is 6. The summed E-state index contributed by atoms with van der Waals surface area (Å²) >= 11 is 0. The van der Waals surface area contributed by atoms with Crippen molar-refractivity contribution in [2.75, 3.05) is 24.3 Å². The van der Waals surface area contributed by atoms with E-state index in [1.807, 2.05) is 25.9 Å². The maximum atomic E-state index is 4.44. The third-order valence-electron chi connectivity index (χ3n) is 2.75. The van der Waals surface area contributed by atoms with Crippen LogP contribution in [0.15, 0.2) is 6.33 Å². The summed E-state index contributed by atoms with van der Waals surface area (Å²) in [7, 11) is 3.81. The molecule has 0 aromatic carbocycles. The van der Waals surface area contributed by atoms with Crippen molar-refractivity contribution in [2.45, 2.75) is 32.7 Å². The third kappa shape index (κ3) is 3.19. The SMILES string of the molecule is CC(C)c1nc(NC(C)c2ncn[nH]2)nc(N(C)C)n1. The molecule has 0 aliphatic rings. The average molecular weight is 276 g/mol. The molecule has 0 aliphatic carbocycles. The normalized spacial score (nSPS) is 12.5. The lowest BCUT2D eigenvalue weighted by atomic mass is 10.2. The zero-order valence-electron chi connectivity index (χ0n) is 12.4. The predicted molar refractivity (Wildman–Crippen MR) is 76.7 cm³/mol. The van der Waals surface area contributed by atoms with E-state index in [1.165, 1.54) is 6.33 Å². The Hall–Kier alpha value is -2.25. The molecule has 1 atom stereocenters. The fourth-order valence-electron chi connectivity index (χ4n) is 1.59. The molecule has 0 saturated heterocycles.